The number of aromatic nitrogens is 2. The van der Waals surface area contributed by atoms with Gasteiger partial charge in [-0.15, -0.1) is 24.0 Å². The van der Waals surface area contributed by atoms with E-state index >= 15 is 0 Å². The Labute approximate surface area is 195 Å². The molecule has 1 aromatic heterocycles. The van der Waals surface area contributed by atoms with Gasteiger partial charge in [0.25, 0.3) is 0 Å². The van der Waals surface area contributed by atoms with Crippen LogP contribution in [0, 0.1) is 5.82 Å². The molecule has 9 heteroatoms. The molecular weight excluding hydrogens is 498 g/mol. The van der Waals surface area contributed by atoms with E-state index in [0.717, 1.165) is 63.2 Å². The van der Waals surface area contributed by atoms with Crippen LogP contribution in [0.15, 0.2) is 41.5 Å². The molecule has 0 radical (unpaired) electrons. The molecule has 0 spiro atoms. The quantitative estimate of drug-likeness (QED) is 0.327. The van der Waals surface area contributed by atoms with Gasteiger partial charge in [-0.3, -0.25) is 9.89 Å². The third-order valence-corrected chi connectivity index (χ3v) is 5.19. The molecule has 1 aliphatic rings. The molecule has 3 rings (SSSR count). The van der Waals surface area contributed by atoms with E-state index < -0.39 is 0 Å². The van der Waals surface area contributed by atoms with Crippen LogP contribution in [0.1, 0.15) is 19.5 Å². The second kappa shape index (κ2) is 11.6. The van der Waals surface area contributed by atoms with E-state index in [1.807, 2.05) is 12.3 Å². The van der Waals surface area contributed by atoms with Crippen LogP contribution in [0.3, 0.4) is 0 Å². The minimum atomic E-state index is -0.249. The van der Waals surface area contributed by atoms with Crippen molar-refractivity contribution in [3.8, 4) is 5.69 Å². The fourth-order valence-electron chi connectivity index (χ4n) is 3.34. The van der Waals surface area contributed by atoms with Gasteiger partial charge in [0.15, 0.2) is 5.96 Å². The number of morpholine rings is 1. The molecule has 0 aliphatic carbocycles. The highest BCUT2D eigenvalue weighted by Gasteiger charge is 2.28. The zero-order chi connectivity index (χ0) is 20.7. The van der Waals surface area contributed by atoms with Crippen molar-refractivity contribution in [2.45, 2.75) is 25.8 Å². The van der Waals surface area contributed by atoms with Gasteiger partial charge in [-0.25, -0.2) is 9.07 Å². The lowest BCUT2D eigenvalue weighted by Gasteiger charge is -2.41. The summed E-state index contributed by atoms with van der Waals surface area (Å²) < 4.78 is 20.3. The van der Waals surface area contributed by atoms with E-state index in [9.17, 15) is 4.39 Å². The maximum atomic E-state index is 13.1. The molecule has 0 bridgehead atoms. The van der Waals surface area contributed by atoms with E-state index in [0.29, 0.717) is 0 Å². The van der Waals surface area contributed by atoms with Crippen molar-refractivity contribution in [1.29, 1.82) is 0 Å². The first-order chi connectivity index (χ1) is 14.0. The van der Waals surface area contributed by atoms with Crippen LogP contribution in [0.5, 0.6) is 0 Å². The minimum absolute atomic E-state index is 0. The molecule has 0 saturated carbocycles. The van der Waals surface area contributed by atoms with E-state index in [-0.39, 0.29) is 35.3 Å². The van der Waals surface area contributed by atoms with Crippen molar-refractivity contribution < 1.29 is 9.13 Å². The molecule has 1 aliphatic heterocycles. The average Bonchev–Trinajstić information content (AvgIpc) is 3.20. The maximum absolute atomic E-state index is 13.1. The summed E-state index contributed by atoms with van der Waals surface area (Å²) in [5.41, 5.74) is 1.83. The standard InChI is InChI=1S/C21H31FN6O.HI/c1-21(2,27-12-14-29-15-13-27)16-25-20(23-3)24-10-8-18-9-11-28(26-18)19-6-4-17(22)5-7-19;/h4-7,9,11H,8,10,12-16H2,1-3H3,(H2,23,24,25);1H. The zero-order valence-electron chi connectivity index (χ0n) is 17.9. The summed E-state index contributed by atoms with van der Waals surface area (Å²) in [5.74, 6) is 0.533. The van der Waals surface area contributed by atoms with Crippen LogP contribution in [-0.4, -0.2) is 72.6 Å². The number of aliphatic imine (C=N–C) groups is 1. The third kappa shape index (κ3) is 6.92. The van der Waals surface area contributed by atoms with Crippen LogP contribution < -0.4 is 10.6 Å². The van der Waals surface area contributed by atoms with E-state index in [1.165, 1.54) is 12.1 Å². The van der Waals surface area contributed by atoms with E-state index in [1.54, 1.807) is 23.9 Å². The lowest BCUT2D eigenvalue weighted by Crippen LogP contribution is -2.56. The highest BCUT2D eigenvalue weighted by Crippen LogP contribution is 2.15. The molecule has 0 amide bonds. The normalized spacial score (nSPS) is 15.5. The lowest BCUT2D eigenvalue weighted by atomic mass is 10.0. The lowest BCUT2D eigenvalue weighted by molar-refractivity contribution is -0.00833. The van der Waals surface area contributed by atoms with Gasteiger partial charge < -0.3 is 15.4 Å². The average molecular weight is 530 g/mol. The Morgan fingerprint density at radius 2 is 1.87 bits per heavy atom. The third-order valence-electron chi connectivity index (χ3n) is 5.19. The Morgan fingerprint density at radius 3 is 2.53 bits per heavy atom. The molecule has 1 fully saturated rings. The molecule has 2 N–H and O–H groups in total. The molecule has 7 nitrogen and oxygen atoms in total. The molecule has 30 heavy (non-hydrogen) atoms. The first-order valence-corrected chi connectivity index (χ1v) is 10.1. The number of hydrogen-bond donors (Lipinski definition) is 2. The summed E-state index contributed by atoms with van der Waals surface area (Å²) in [6, 6.07) is 8.28. The number of benzene rings is 1. The van der Waals surface area contributed by atoms with Crippen molar-refractivity contribution in [3.05, 3.63) is 48.0 Å². The number of rotatable bonds is 7. The van der Waals surface area contributed by atoms with Gasteiger partial charge in [-0.2, -0.15) is 5.10 Å². The topological polar surface area (TPSA) is 66.7 Å². The first-order valence-electron chi connectivity index (χ1n) is 10.1. The number of guanidine groups is 1. The van der Waals surface area contributed by atoms with Gasteiger partial charge in [-0.1, -0.05) is 0 Å². The summed E-state index contributed by atoms with van der Waals surface area (Å²) in [6.45, 7) is 9.49. The van der Waals surface area contributed by atoms with Crippen molar-refractivity contribution in [2.24, 2.45) is 4.99 Å². The number of ether oxygens (including phenoxy) is 1. The largest absolute Gasteiger partial charge is 0.379 e. The zero-order valence-corrected chi connectivity index (χ0v) is 20.2. The Kier molecular flexibility index (Phi) is 9.50. The molecule has 1 saturated heterocycles. The molecule has 166 valence electrons. The number of nitrogens with one attached hydrogen (secondary N) is 2. The van der Waals surface area contributed by atoms with Crippen LogP contribution in [0.4, 0.5) is 4.39 Å². The fraction of sp³-hybridized carbons (Fsp3) is 0.524. The summed E-state index contributed by atoms with van der Waals surface area (Å²) in [6.07, 6.45) is 2.66. The molecule has 2 aromatic rings. The van der Waals surface area contributed by atoms with E-state index in [2.05, 4.69) is 39.5 Å². The molecule has 0 atom stereocenters. The van der Waals surface area contributed by atoms with Gasteiger partial charge in [-0.05, 0) is 44.2 Å². The maximum Gasteiger partial charge on any atom is 0.191 e. The van der Waals surface area contributed by atoms with Gasteiger partial charge >= 0.3 is 0 Å². The van der Waals surface area contributed by atoms with Crippen molar-refractivity contribution >= 4 is 29.9 Å². The molecule has 2 heterocycles. The fourth-order valence-corrected chi connectivity index (χ4v) is 3.34. The predicted octanol–water partition coefficient (Wildman–Crippen LogP) is 2.45. The Hall–Kier alpha value is -1.72. The van der Waals surface area contributed by atoms with E-state index in [4.69, 9.17) is 4.74 Å². The predicted molar refractivity (Wildman–Crippen MR) is 128 cm³/mol. The Morgan fingerprint density at radius 1 is 1.17 bits per heavy atom. The summed E-state index contributed by atoms with van der Waals surface area (Å²) in [7, 11) is 1.78. The van der Waals surface area contributed by atoms with Crippen molar-refractivity contribution in [1.82, 2.24) is 25.3 Å². The van der Waals surface area contributed by atoms with Crippen molar-refractivity contribution in [2.75, 3.05) is 46.4 Å². The van der Waals surface area contributed by atoms with Crippen LogP contribution in [-0.2, 0) is 11.2 Å². The highest BCUT2D eigenvalue weighted by atomic mass is 127. The van der Waals surface area contributed by atoms with Gasteiger partial charge in [0, 0.05) is 51.4 Å². The first kappa shape index (κ1) is 24.5. The second-order valence-corrected chi connectivity index (χ2v) is 7.74. The Balaban J connectivity index is 0.00000320. The highest BCUT2D eigenvalue weighted by molar-refractivity contribution is 14.0. The number of hydrogen-bond acceptors (Lipinski definition) is 4. The van der Waals surface area contributed by atoms with Gasteiger partial charge in [0.05, 0.1) is 24.6 Å². The van der Waals surface area contributed by atoms with Crippen LogP contribution >= 0.6 is 24.0 Å². The van der Waals surface area contributed by atoms with Gasteiger partial charge in [0.1, 0.15) is 5.82 Å². The summed E-state index contributed by atoms with van der Waals surface area (Å²) in [4.78, 5) is 6.76. The Bertz CT molecular complexity index is 802. The van der Waals surface area contributed by atoms with Crippen molar-refractivity contribution in [3.63, 3.8) is 0 Å². The summed E-state index contributed by atoms with van der Waals surface area (Å²) in [5, 5.41) is 11.3. The molecule has 0 unspecified atom stereocenters. The van der Waals surface area contributed by atoms with Crippen LogP contribution in [0.2, 0.25) is 0 Å². The SMILES string of the molecule is CN=C(NCCc1ccn(-c2ccc(F)cc2)n1)NCC(C)(C)N1CCOCC1.I. The smallest absolute Gasteiger partial charge is 0.191 e. The molecule has 1 aromatic carbocycles. The molecular formula is C21H32FIN6O. The van der Waals surface area contributed by atoms with Crippen LogP contribution in [0.25, 0.3) is 5.69 Å². The number of nitrogens with zero attached hydrogens (tertiary/aromatic N) is 4. The monoisotopic (exact) mass is 530 g/mol. The summed E-state index contributed by atoms with van der Waals surface area (Å²) >= 11 is 0. The number of halogens is 2. The second-order valence-electron chi connectivity index (χ2n) is 7.74. The minimum Gasteiger partial charge on any atom is -0.379 e. The van der Waals surface area contributed by atoms with Gasteiger partial charge in [0.2, 0.25) is 0 Å².